The van der Waals surface area contributed by atoms with E-state index in [1.54, 1.807) is 6.07 Å². The third-order valence-electron chi connectivity index (χ3n) is 2.59. The van der Waals surface area contributed by atoms with Gasteiger partial charge >= 0.3 is 0 Å². The number of ether oxygens (including phenoxy) is 1. The van der Waals surface area contributed by atoms with E-state index in [4.69, 9.17) is 4.74 Å². The molecule has 1 aromatic carbocycles. The smallest absolute Gasteiger partial charge is 0.244 e. The third kappa shape index (κ3) is 5.09. The summed E-state index contributed by atoms with van der Waals surface area (Å²) in [6, 6.07) is 4.42. The molecule has 4 nitrogen and oxygen atoms in total. The predicted octanol–water partition coefficient (Wildman–Crippen LogP) is 1.73. The molecule has 0 aliphatic rings. The second-order valence-electron chi connectivity index (χ2n) is 4.03. The number of benzene rings is 1. The van der Waals surface area contributed by atoms with Crippen LogP contribution in [0.2, 0.25) is 0 Å². The van der Waals surface area contributed by atoms with Gasteiger partial charge in [-0.05, 0) is 30.2 Å². The van der Waals surface area contributed by atoms with Crippen molar-refractivity contribution in [1.29, 1.82) is 0 Å². The largest absolute Gasteiger partial charge is 0.494 e. The summed E-state index contributed by atoms with van der Waals surface area (Å²) < 4.78 is 18.2. The van der Waals surface area contributed by atoms with E-state index in [9.17, 15) is 14.3 Å². The molecule has 2 N–H and O–H groups in total. The summed E-state index contributed by atoms with van der Waals surface area (Å²) >= 11 is 0. The summed E-state index contributed by atoms with van der Waals surface area (Å²) in [5.41, 5.74) is 0.560. The van der Waals surface area contributed by atoms with Crippen molar-refractivity contribution < 1.29 is 19.0 Å². The number of halogens is 1. The molecule has 0 spiro atoms. The lowest BCUT2D eigenvalue weighted by Crippen LogP contribution is -2.30. The highest BCUT2D eigenvalue weighted by Gasteiger charge is 2.03. The van der Waals surface area contributed by atoms with Gasteiger partial charge in [0.05, 0.1) is 13.2 Å². The Morgan fingerprint density at radius 2 is 2.32 bits per heavy atom. The van der Waals surface area contributed by atoms with Gasteiger partial charge in [0.2, 0.25) is 5.91 Å². The Balaban J connectivity index is 2.56. The summed E-state index contributed by atoms with van der Waals surface area (Å²) in [5, 5.41) is 11.8. The Morgan fingerprint density at radius 1 is 1.58 bits per heavy atom. The lowest BCUT2D eigenvalue weighted by molar-refractivity contribution is -0.116. The Hall–Kier alpha value is -1.88. The first-order valence-electron chi connectivity index (χ1n) is 6.04. The van der Waals surface area contributed by atoms with Crippen molar-refractivity contribution in [3.8, 4) is 5.75 Å². The van der Waals surface area contributed by atoms with Crippen LogP contribution >= 0.6 is 0 Å². The molecule has 0 bridgehead atoms. The van der Waals surface area contributed by atoms with Gasteiger partial charge in [0.15, 0.2) is 11.6 Å². The van der Waals surface area contributed by atoms with Crippen LogP contribution in [-0.2, 0) is 4.79 Å². The highest BCUT2D eigenvalue weighted by atomic mass is 19.1. The Morgan fingerprint density at radius 3 is 2.89 bits per heavy atom. The van der Waals surface area contributed by atoms with Gasteiger partial charge in [0.25, 0.3) is 0 Å². The summed E-state index contributed by atoms with van der Waals surface area (Å²) in [4.78, 5) is 11.4. The molecule has 1 rings (SSSR count). The molecule has 1 amide bonds. The average Bonchev–Trinajstić information content (AvgIpc) is 2.42. The minimum absolute atomic E-state index is 0.160. The van der Waals surface area contributed by atoms with Crippen molar-refractivity contribution in [2.45, 2.75) is 19.4 Å². The molecule has 0 saturated carbocycles. The van der Waals surface area contributed by atoms with Gasteiger partial charge in [0, 0.05) is 12.6 Å². The molecule has 0 saturated heterocycles. The maximum absolute atomic E-state index is 13.4. The van der Waals surface area contributed by atoms with Crippen LogP contribution in [0, 0.1) is 5.82 Å². The number of carbonyl (C=O) groups is 1. The van der Waals surface area contributed by atoms with Crippen molar-refractivity contribution >= 4 is 12.0 Å². The number of hydrogen-bond donors (Lipinski definition) is 2. The van der Waals surface area contributed by atoms with Crippen LogP contribution in [0.25, 0.3) is 6.08 Å². The van der Waals surface area contributed by atoms with Crippen LogP contribution in [0.3, 0.4) is 0 Å². The van der Waals surface area contributed by atoms with Gasteiger partial charge in [-0.3, -0.25) is 4.79 Å². The molecule has 0 aliphatic heterocycles. The van der Waals surface area contributed by atoms with Crippen molar-refractivity contribution in [3.05, 3.63) is 35.7 Å². The summed E-state index contributed by atoms with van der Waals surface area (Å²) in [6.45, 7) is 2.03. The molecule has 0 fully saturated rings. The fourth-order valence-corrected chi connectivity index (χ4v) is 1.38. The molecule has 0 radical (unpaired) electrons. The molecule has 0 heterocycles. The van der Waals surface area contributed by atoms with Gasteiger partial charge in [0.1, 0.15) is 0 Å². The normalized spacial score (nSPS) is 12.4. The first kappa shape index (κ1) is 15.2. The quantitative estimate of drug-likeness (QED) is 0.772. The highest BCUT2D eigenvalue weighted by Crippen LogP contribution is 2.18. The molecule has 1 atom stereocenters. The molecule has 1 unspecified atom stereocenters. The fraction of sp³-hybridized carbons (Fsp3) is 0.357. The lowest BCUT2D eigenvalue weighted by atomic mass is 10.2. The number of rotatable bonds is 6. The summed E-state index contributed by atoms with van der Waals surface area (Å²) in [7, 11) is 1.39. The van der Waals surface area contributed by atoms with Crippen LogP contribution in [0.15, 0.2) is 24.3 Å². The van der Waals surface area contributed by atoms with E-state index >= 15 is 0 Å². The SMILES string of the molecule is CCC(O)CNC(=O)/C=C/c1ccc(OC)c(F)c1. The number of nitrogens with one attached hydrogen (secondary N) is 1. The molecule has 19 heavy (non-hydrogen) atoms. The van der Waals surface area contributed by atoms with Crippen LogP contribution in [-0.4, -0.2) is 30.8 Å². The molecule has 104 valence electrons. The summed E-state index contributed by atoms with van der Waals surface area (Å²) in [5.74, 6) is -0.650. The second-order valence-corrected chi connectivity index (χ2v) is 4.03. The Labute approximate surface area is 111 Å². The molecule has 0 aromatic heterocycles. The lowest BCUT2D eigenvalue weighted by Gasteiger charge is -2.07. The number of methoxy groups -OCH3 is 1. The Bertz CT molecular complexity index is 460. The van der Waals surface area contributed by atoms with Gasteiger partial charge in [-0.2, -0.15) is 0 Å². The second kappa shape index (κ2) is 7.53. The zero-order valence-electron chi connectivity index (χ0n) is 11.0. The standard InChI is InChI=1S/C14H18FNO3/c1-3-11(17)9-16-14(18)7-5-10-4-6-13(19-2)12(15)8-10/h4-8,11,17H,3,9H2,1-2H3,(H,16,18)/b7-5+. The predicted molar refractivity (Wildman–Crippen MR) is 71.3 cm³/mol. The van der Waals surface area contributed by atoms with Crippen molar-refractivity contribution in [3.63, 3.8) is 0 Å². The molecule has 0 aliphatic carbocycles. The highest BCUT2D eigenvalue weighted by molar-refractivity contribution is 5.91. The zero-order valence-corrected chi connectivity index (χ0v) is 11.0. The molecule has 1 aromatic rings. The van der Waals surface area contributed by atoms with Gasteiger partial charge in [-0.1, -0.05) is 13.0 Å². The van der Waals surface area contributed by atoms with E-state index in [1.165, 1.54) is 31.4 Å². The number of amides is 1. The van der Waals surface area contributed by atoms with Crippen LogP contribution in [0.4, 0.5) is 4.39 Å². The van der Waals surface area contributed by atoms with Gasteiger partial charge in [-0.15, -0.1) is 0 Å². The maximum Gasteiger partial charge on any atom is 0.244 e. The fourth-order valence-electron chi connectivity index (χ4n) is 1.38. The topological polar surface area (TPSA) is 58.6 Å². The third-order valence-corrected chi connectivity index (χ3v) is 2.59. The first-order chi connectivity index (χ1) is 9.06. The van der Waals surface area contributed by atoms with E-state index in [1.807, 2.05) is 6.92 Å². The maximum atomic E-state index is 13.4. The monoisotopic (exact) mass is 267 g/mol. The number of carbonyl (C=O) groups excluding carboxylic acids is 1. The molecular weight excluding hydrogens is 249 g/mol. The van der Waals surface area contributed by atoms with Crippen LogP contribution < -0.4 is 10.1 Å². The number of hydrogen-bond acceptors (Lipinski definition) is 3. The Kier molecular flexibility index (Phi) is 6.02. The average molecular weight is 267 g/mol. The molecular formula is C14H18FNO3. The van der Waals surface area contributed by atoms with Crippen LogP contribution in [0.1, 0.15) is 18.9 Å². The van der Waals surface area contributed by atoms with Crippen LogP contribution in [0.5, 0.6) is 5.75 Å². The minimum atomic E-state index is -0.546. The van der Waals surface area contributed by atoms with E-state index in [0.29, 0.717) is 12.0 Å². The zero-order chi connectivity index (χ0) is 14.3. The van der Waals surface area contributed by atoms with Crippen molar-refractivity contribution in [2.24, 2.45) is 0 Å². The van der Waals surface area contributed by atoms with E-state index < -0.39 is 11.9 Å². The van der Waals surface area contributed by atoms with E-state index in [0.717, 1.165) is 0 Å². The first-order valence-corrected chi connectivity index (χ1v) is 6.04. The van der Waals surface area contributed by atoms with Gasteiger partial charge < -0.3 is 15.2 Å². The van der Waals surface area contributed by atoms with E-state index in [2.05, 4.69) is 5.32 Å². The molecule has 5 heteroatoms. The number of aliphatic hydroxyl groups is 1. The minimum Gasteiger partial charge on any atom is -0.494 e. The van der Waals surface area contributed by atoms with E-state index in [-0.39, 0.29) is 18.2 Å². The summed E-state index contributed by atoms with van der Waals surface area (Å²) in [6.07, 6.45) is 2.82. The van der Waals surface area contributed by atoms with Crippen molar-refractivity contribution in [1.82, 2.24) is 5.32 Å². The number of aliphatic hydroxyl groups excluding tert-OH is 1. The van der Waals surface area contributed by atoms with Crippen molar-refractivity contribution in [2.75, 3.05) is 13.7 Å². The van der Waals surface area contributed by atoms with Gasteiger partial charge in [-0.25, -0.2) is 4.39 Å².